The summed E-state index contributed by atoms with van der Waals surface area (Å²) in [4.78, 5) is 0.431. The summed E-state index contributed by atoms with van der Waals surface area (Å²) in [5, 5.41) is 3.90. The van der Waals surface area contributed by atoms with Gasteiger partial charge >= 0.3 is 0 Å². The smallest absolute Gasteiger partial charge is 0.244 e. The molecule has 104 valence electrons. The number of piperidine rings is 1. The van der Waals surface area contributed by atoms with Crippen molar-refractivity contribution >= 4 is 21.6 Å². The third-order valence-electron chi connectivity index (χ3n) is 4.21. The minimum absolute atomic E-state index is 0.404. The Bertz CT molecular complexity index is 609. The van der Waals surface area contributed by atoms with Gasteiger partial charge in [0.25, 0.3) is 0 Å². The molecule has 0 radical (unpaired) electrons. The molecule has 0 atom stereocenters. The van der Waals surface area contributed by atoms with Crippen LogP contribution in [-0.2, 0) is 15.6 Å². The number of rotatable bonds is 1. The number of hydrogen-bond acceptors (Lipinski definition) is 3. The Morgan fingerprint density at radius 3 is 2.68 bits per heavy atom. The highest BCUT2D eigenvalue weighted by Gasteiger charge is 2.53. The fourth-order valence-electron chi connectivity index (χ4n) is 3.41. The van der Waals surface area contributed by atoms with Crippen molar-refractivity contribution < 1.29 is 8.42 Å². The number of sulfonamides is 1. The predicted molar refractivity (Wildman–Crippen MR) is 74.8 cm³/mol. The Labute approximate surface area is 118 Å². The van der Waals surface area contributed by atoms with Crippen molar-refractivity contribution in [1.29, 1.82) is 0 Å². The predicted octanol–water partition coefficient (Wildman–Crippen LogP) is 1.94. The quantitative estimate of drug-likeness (QED) is 0.862. The summed E-state index contributed by atoms with van der Waals surface area (Å²) in [5.74, 6) is 0. The molecule has 1 N–H and O–H groups in total. The third-order valence-corrected chi connectivity index (χ3v) is 6.54. The van der Waals surface area contributed by atoms with E-state index in [1.165, 1.54) is 0 Å². The lowest BCUT2D eigenvalue weighted by Gasteiger charge is -2.40. The number of nitrogens with one attached hydrogen (secondary N) is 1. The third kappa shape index (κ3) is 1.76. The maximum Gasteiger partial charge on any atom is 0.244 e. The van der Waals surface area contributed by atoms with Crippen LogP contribution in [0.3, 0.4) is 0 Å². The number of halogens is 1. The van der Waals surface area contributed by atoms with E-state index in [0.29, 0.717) is 16.5 Å². The molecular weight excluding hydrogens is 284 g/mol. The van der Waals surface area contributed by atoms with Gasteiger partial charge in [-0.2, -0.15) is 4.31 Å². The summed E-state index contributed by atoms with van der Waals surface area (Å²) in [5.41, 5.74) is 0.474. The zero-order valence-corrected chi connectivity index (χ0v) is 12.4. The number of nitrogens with zero attached hydrogens (tertiary/aromatic N) is 1. The van der Waals surface area contributed by atoms with Crippen molar-refractivity contribution in [3.8, 4) is 0 Å². The van der Waals surface area contributed by atoms with Crippen molar-refractivity contribution in [2.24, 2.45) is 0 Å². The second-order valence-electron chi connectivity index (χ2n) is 5.09. The number of benzene rings is 1. The van der Waals surface area contributed by atoms with Crippen LogP contribution in [0.5, 0.6) is 0 Å². The molecule has 1 aromatic carbocycles. The van der Waals surface area contributed by atoms with Gasteiger partial charge in [0.1, 0.15) is 0 Å². The molecular formula is C13H17ClN2O2S. The minimum atomic E-state index is -3.37. The highest BCUT2D eigenvalue weighted by atomic mass is 35.5. The van der Waals surface area contributed by atoms with Crippen LogP contribution in [0.25, 0.3) is 0 Å². The van der Waals surface area contributed by atoms with Crippen LogP contribution < -0.4 is 5.32 Å². The fraction of sp³-hybridized carbons (Fsp3) is 0.538. The van der Waals surface area contributed by atoms with E-state index >= 15 is 0 Å². The van der Waals surface area contributed by atoms with Gasteiger partial charge in [-0.3, -0.25) is 0 Å². The molecule has 1 aromatic rings. The molecule has 1 fully saturated rings. The minimum Gasteiger partial charge on any atom is -0.317 e. The molecule has 4 nitrogen and oxygen atoms in total. The largest absolute Gasteiger partial charge is 0.317 e. The first-order valence-corrected chi connectivity index (χ1v) is 8.38. The molecule has 0 bridgehead atoms. The van der Waals surface area contributed by atoms with Gasteiger partial charge < -0.3 is 5.32 Å². The second-order valence-corrected chi connectivity index (χ2v) is 7.36. The highest BCUT2D eigenvalue weighted by molar-refractivity contribution is 7.89. The van der Waals surface area contributed by atoms with E-state index in [2.05, 4.69) is 5.32 Å². The molecule has 2 aliphatic heterocycles. The van der Waals surface area contributed by atoms with Crippen LogP contribution >= 0.6 is 11.6 Å². The van der Waals surface area contributed by atoms with Gasteiger partial charge in [-0.15, -0.1) is 0 Å². The van der Waals surface area contributed by atoms with Crippen LogP contribution in [0, 0.1) is 0 Å². The van der Waals surface area contributed by atoms with E-state index in [0.717, 1.165) is 31.5 Å². The lowest BCUT2D eigenvalue weighted by molar-refractivity contribution is 0.151. The van der Waals surface area contributed by atoms with Gasteiger partial charge in [-0.05, 0) is 49.7 Å². The molecule has 2 heterocycles. The molecule has 3 rings (SSSR count). The van der Waals surface area contributed by atoms with Crippen molar-refractivity contribution in [3.63, 3.8) is 0 Å². The summed E-state index contributed by atoms with van der Waals surface area (Å²) >= 11 is 6.08. The number of hydrogen-bond donors (Lipinski definition) is 1. The lowest BCUT2D eigenvalue weighted by atomic mass is 9.81. The summed E-state index contributed by atoms with van der Waals surface area (Å²) in [6.45, 7) is 4.05. The van der Waals surface area contributed by atoms with Crippen molar-refractivity contribution in [2.45, 2.75) is 30.2 Å². The Morgan fingerprint density at radius 1 is 1.37 bits per heavy atom. The maximum atomic E-state index is 12.7. The summed E-state index contributed by atoms with van der Waals surface area (Å²) < 4.78 is 27.0. The molecule has 1 saturated heterocycles. The highest BCUT2D eigenvalue weighted by Crippen LogP contribution is 2.49. The van der Waals surface area contributed by atoms with Crippen molar-refractivity contribution in [1.82, 2.24) is 9.62 Å². The Morgan fingerprint density at radius 2 is 2.05 bits per heavy atom. The van der Waals surface area contributed by atoms with Gasteiger partial charge in [0.05, 0.1) is 10.4 Å². The molecule has 0 aliphatic carbocycles. The average molecular weight is 301 g/mol. The Kier molecular flexibility index (Phi) is 3.13. The van der Waals surface area contributed by atoms with E-state index in [-0.39, 0.29) is 0 Å². The van der Waals surface area contributed by atoms with Crippen LogP contribution in [0.2, 0.25) is 5.02 Å². The zero-order chi connectivity index (χ0) is 13.7. The molecule has 0 aromatic heterocycles. The van der Waals surface area contributed by atoms with Gasteiger partial charge in [-0.1, -0.05) is 18.5 Å². The van der Waals surface area contributed by atoms with Gasteiger partial charge in [0.15, 0.2) is 0 Å². The molecule has 0 unspecified atom stereocenters. The first-order chi connectivity index (χ1) is 9.02. The first-order valence-electron chi connectivity index (χ1n) is 6.56. The lowest BCUT2D eigenvalue weighted by Crippen LogP contribution is -2.50. The molecule has 2 aliphatic rings. The zero-order valence-electron chi connectivity index (χ0n) is 10.8. The molecule has 1 spiro atoms. The van der Waals surface area contributed by atoms with E-state index in [1.807, 2.05) is 13.0 Å². The van der Waals surface area contributed by atoms with Crippen LogP contribution in [-0.4, -0.2) is 32.4 Å². The SMILES string of the molecule is CCN1C2(CCNCC2)c2cc(Cl)ccc2S1(=O)=O. The van der Waals surface area contributed by atoms with E-state index in [1.54, 1.807) is 16.4 Å². The van der Waals surface area contributed by atoms with Crippen LogP contribution in [0.1, 0.15) is 25.3 Å². The topological polar surface area (TPSA) is 49.4 Å². The molecule has 0 amide bonds. The summed E-state index contributed by atoms with van der Waals surface area (Å²) in [6, 6.07) is 5.13. The Hall–Kier alpha value is -0.620. The van der Waals surface area contributed by atoms with Crippen molar-refractivity contribution in [3.05, 3.63) is 28.8 Å². The van der Waals surface area contributed by atoms with Gasteiger partial charge in [0, 0.05) is 11.6 Å². The fourth-order valence-corrected chi connectivity index (χ4v) is 5.66. The maximum absolute atomic E-state index is 12.7. The number of fused-ring (bicyclic) bond motifs is 2. The summed E-state index contributed by atoms with van der Waals surface area (Å²) in [7, 11) is -3.37. The molecule has 0 saturated carbocycles. The monoisotopic (exact) mass is 300 g/mol. The second kappa shape index (κ2) is 4.45. The van der Waals surface area contributed by atoms with Crippen LogP contribution in [0.15, 0.2) is 23.1 Å². The van der Waals surface area contributed by atoms with Crippen molar-refractivity contribution in [2.75, 3.05) is 19.6 Å². The molecule has 6 heteroatoms. The first kappa shape index (κ1) is 13.4. The van der Waals surface area contributed by atoms with Gasteiger partial charge in [-0.25, -0.2) is 8.42 Å². The van der Waals surface area contributed by atoms with Gasteiger partial charge in [0.2, 0.25) is 10.0 Å². The van der Waals surface area contributed by atoms with E-state index in [4.69, 9.17) is 11.6 Å². The Balaban J connectivity index is 2.27. The average Bonchev–Trinajstić information content (AvgIpc) is 2.55. The normalized spacial score (nSPS) is 24.5. The summed E-state index contributed by atoms with van der Waals surface area (Å²) in [6.07, 6.45) is 1.60. The molecule has 19 heavy (non-hydrogen) atoms. The van der Waals surface area contributed by atoms with Crippen LogP contribution in [0.4, 0.5) is 0 Å². The standard InChI is InChI=1S/C13H17ClN2O2S/c1-2-16-13(5-7-15-8-6-13)11-9-10(14)3-4-12(11)19(16,17)18/h3-4,9,15H,2,5-8H2,1H3. The van der Waals surface area contributed by atoms with E-state index in [9.17, 15) is 8.42 Å². The van der Waals surface area contributed by atoms with E-state index < -0.39 is 15.6 Å².